The zero-order chi connectivity index (χ0) is 26.0. The molecule has 2 aromatic heterocycles. The standard InChI is InChI=1S/C25H26F3N5O3S/c1-16-29-21-12-18(6-7-22(21)37-16)35-15-17(34)13-32-8-10-33(11-9-32)14-23-30-24(31-36-23)19-4-2-3-5-20(19)25(26,27)28/h2-7,12,17,34H,8-11,13-15H2,1H3. The molecule has 1 aliphatic rings. The van der Waals surface area contributed by atoms with Gasteiger partial charge in [-0.05, 0) is 25.1 Å². The largest absolute Gasteiger partial charge is 0.491 e. The molecule has 8 nitrogen and oxygen atoms in total. The third-order valence-corrected chi connectivity index (χ3v) is 7.09. The van der Waals surface area contributed by atoms with Crippen molar-refractivity contribution in [3.05, 3.63) is 58.9 Å². The summed E-state index contributed by atoms with van der Waals surface area (Å²) in [7, 11) is 0. The summed E-state index contributed by atoms with van der Waals surface area (Å²) in [5, 5.41) is 15.2. The van der Waals surface area contributed by atoms with Gasteiger partial charge in [0, 0.05) is 44.4 Å². The van der Waals surface area contributed by atoms with Gasteiger partial charge in [0.25, 0.3) is 0 Å². The van der Waals surface area contributed by atoms with Crippen LogP contribution in [-0.4, -0.2) is 75.5 Å². The molecule has 0 aliphatic carbocycles. The molecule has 0 spiro atoms. The van der Waals surface area contributed by atoms with Gasteiger partial charge in [0.2, 0.25) is 11.7 Å². The number of aliphatic hydroxyl groups excluding tert-OH is 1. The Morgan fingerprint density at radius 2 is 1.84 bits per heavy atom. The number of thiazole rings is 1. The number of aliphatic hydroxyl groups is 1. The second kappa shape index (κ2) is 10.7. The molecule has 196 valence electrons. The van der Waals surface area contributed by atoms with Crippen molar-refractivity contribution >= 4 is 21.6 Å². The Hall–Kier alpha value is -3.06. The quantitative estimate of drug-likeness (QED) is 0.360. The maximum absolute atomic E-state index is 13.3. The van der Waals surface area contributed by atoms with Crippen LogP contribution in [0.15, 0.2) is 47.0 Å². The molecule has 1 N–H and O–H groups in total. The van der Waals surface area contributed by atoms with E-state index in [1.54, 1.807) is 11.3 Å². The van der Waals surface area contributed by atoms with Crippen LogP contribution < -0.4 is 4.74 Å². The lowest BCUT2D eigenvalue weighted by Crippen LogP contribution is -2.48. The van der Waals surface area contributed by atoms with Gasteiger partial charge in [-0.2, -0.15) is 18.2 Å². The lowest BCUT2D eigenvalue weighted by Gasteiger charge is -2.34. The van der Waals surface area contributed by atoms with Crippen molar-refractivity contribution in [3.63, 3.8) is 0 Å². The molecular weight excluding hydrogens is 507 g/mol. The van der Waals surface area contributed by atoms with Crippen LogP contribution in [0.4, 0.5) is 13.2 Å². The van der Waals surface area contributed by atoms with Crippen LogP contribution in [0.5, 0.6) is 5.75 Å². The van der Waals surface area contributed by atoms with E-state index in [0.29, 0.717) is 31.9 Å². The van der Waals surface area contributed by atoms with E-state index < -0.39 is 17.8 Å². The number of hydrogen-bond donors (Lipinski definition) is 1. The topological polar surface area (TPSA) is 87.8 Å². The number of alkyl halides is 3. The van der Waals surface area contributed by atoms with Gasteiger partial charge in [0.15, 0.2) is 0 Å². The van der Waals surface area contributed by atoms with E-state index in [1.807, 2.05) is 25.1 Å². The van der Waals surface area contributed by atoms with Crippen LogP contribution in [0.25, 0.3) is 21.6 Å². The van der Waals surface area contributed by atoms with Gasteiger partial charge < -0.3 is 14.4 Å². The summed E-state index contributed by atoms with van der Waals surface area (Å²) < 4.78 is 52.0. The number of rotatable bonds is 8. The van der Waals surface area contributed by atoms with E-state index in [-0.39, 0.29) is 23.9 Å². The van der Waals surface area contributed by atoms with Gasteiger partial charge in [0.05, 0.1) is 27.3 Å². The highest BCUT2D eigenvalue weighted by atomic mass is 32.1. The normalized spacial score (nSPS) is 16.4. The SMILES string of the molecule is Cc1nc2cc(OCC(O)CN3CCN(Cc4nc(-c5ccccc5C(F)(F)F)no4)CC3)ccc2s1. The van der Waals surface area contributed by atoms with Crippen LogP contribution in [0.2, 0.25) is 0 Å². The fourth-order valence-corrected chi connectivity index (χ4v) is 5.14. The Morgan fingerprint density at radius 3 is 2.62 bits per heavy atom. The molecule has 0 bridgehead atoms. The Morgan fingerprint density at radius 1 is 1.08 bits per heavy atom. The molecule has 0 saturated carbocycles. The molecule has 2 aromatic carbocycles. The third-order valence-electron chi connectivity index (χ3n) is 6.14. The number of hydrogen-bond acceptors (Lipinski definition) is 9. The fraction of sp³-hybridized carbons (Fsp3) is 0.400. The summed E-state index contributed by atoms with van der Waals surface area (Å²) in [5.74, 6) is 0.869. The lowest BCUT2D eigenvalue weighted by molar-refractivity contribution is -0.137. The molecule has 1 aliphatic heterocycles. The van der Waals surface area contributed by atoms with Crippen LogP contribution in [-0.2, 0) is 12.7 Å². The Labute approximate surface area is 215 Å². The maximum Gasteiger partial charge on any atom is 0.417 e. The number of fused-ring (bicyclic) bond motifs is 1. The van der Waals surface area contributed by atoms with E-state index in [9.17, 15) is 18.3 Å². The first kappa shape index (κ1) is 25.6. The lowest BCUT2D eigenvalue weighted by atomic mass is 10.1. The van der Waals surface area contributed by atoms with E-state index in [4.69, 9.17) is 9.26 Å². The van der Waals surface area contributed by atoms with Gasteiger partial charge in [-0.15, -0.1) is 11.3 Å². The van der Waals surface area contributed by atoms with Crippen LogP contribution in [0.1, 0.15) is 16.5 Å². The molecule has 1 atom stereocenters. The van der Waals surface area contributed by atoms with Crippen molar-refractivity contribution in [2.45, 2.75) is 25.7 Å². The zero-order valence-corrected chi connectivity index (χ0v) is 20.9. The molecule has 1 fully saturated rings. The minimum absolute atomic E-state index is 0.0752. The second-order valence-corrected chi connectivity index (χ2v) is 10.2. The molecule has 0 radical (unpaired) electrons. The van der Waals surface area contributed by atoms with Crippen molar-refractivity contribution in [2.24, 2.45) is 0 Å². The summed E-state index contributed by atoms with van der Waals surface area (Å²) in [6.07, 6.45) is -5.15. The molecule has 5 rings (SSSR count). The Kier molecular flexibility index (Phi) is 7.43. The molecule has 3 heterocycles. The number of nitrogens with zero attached hydrogens (tertiary/aromatic N) is 5. The van der Waals surface area contributed by atoms with Crippen molar-refractivity contribution in [1.29, 1.82) is 0 Å². The predicted octanol–water partition coefficient (Wildman–Crippen LogP) is 4.23. The smallest absolute Gasteiger partial charge is 0.417 e. The minimum atomic E-state index is -4.50. The van der Waals surface area contributed by atoms with E-state index in [1.165, 1.54) is 18.2 Å². The molecule has 0 amide bonds. The molecule has 1 unspecified atom stereocenters. The summed E-state index contributed by atoms with van der Waals surface area (Å²) in [4.78, 5) is 12.9. The number of benzene rings is 2. The highest BCUT2D eigenvalue weighted by Crippen LogP contribution is 2.36. The van der Waals surface area contributed by atoms with Gasteiger partial charge in [-0.3, -0.25) is 9.80 Å². The molecular formula is C25H26F3N5O3S. The number of aryl methyl sites for hydroxylation is 1. The van der Waals surface area contributed by atoms with E-state index >= 15 is 0 Å². The fourth-order valence-electron chi connectivity index (χ4n) is 4.33. The minimum Gasteiger partial charge on any atom is -0.491 e. The Balaban J connectivity index is 1.08. The molecule has 4 aromatic rings. The van der Waals surface area contributed by atoms with Crippen LogP contribution in [0, 0.1) is 6.92 Å². The number of β-amino-alcohol motifs (C(OH)–C–C–N with tert-alkyl or cyclic N) is 1. The number of aromatic nitrogens is 3. The van der Waals surface area contributed by atoms with E-state index in [2.05, 4.69) is 24.9 Å². The monoisotopic (exact) mass is 533 g/mol. The third kappa shape index (κ3) is 6.27. The molecule has 12 heteroatoms. The van der Waals surface area contributed by atoms with Crippen molar-refractivity contribution < 1.29 is 27.5 Å². The first-order chi connectivity index (χ1) is 17.7. The van der Waals surface area contributed by atoms with Gasteiger partial charge in [0.1, 0.15) is 18.5 Å². The van der Waals surface area contributed by atoms with Gasteiger partial charge in [-0.25, -0.2) is 4.98 Å². The zero-order valence-electron chi connectivity index (χ0n) is 20.1. The average molecular weight is 534 g/mol. The first-order valence-electron chi connectivity index (χ1n) is 11.9. The summed E-state index contributed by atoms with van der Waals surface area (Å²) in [5.41, 5.74) is -0.00605. The molecule has 37 heavy (non-hydrogen) atoms. The maximum atomic E-state index is 13.3. The van der Waals surface area contributed by atoms with Crippen molar-refractivity contribution in [3.8, 4) is 17.1 Å². The second-order valence-electron chi connectivity index (χ2n) is 8.96. The highest BCUT2D eigenvalue weighted by molar-refractivity contribution is 7.18. The summed E-state index contributed by atoms with van der Waals surface area (Å²) in [6.45, 7) is 5.81. The number of piperazine rings is 1. The van der Waals surface area contributed by atoms with Crippen molar-refractivity contribution in [1.82, 2.24) is 24.9 Å². The highest BCUT2D eigenvalue weighted by Gasteiger charge is 2.34. The van der Waals surface area contributed by atoms with Gasteiger partial charge >= 0.3 is 6.18 Å². The number of ether oxygens (including phenoxy) is 1. The number of halogens is 3. The average Bonchev–Trinajstić information content (AvgIpc) is 3.48. The van der Waals surface area contributed by atoms with Crippen LogP contribution >= 0.6 is 11.3 Å². The van der Waals surface area contributed by atoms with Gasteiger partial charge in [-0.1, -0.05) is 23.4 Å². The molecule has 1 saturated heterocycles. The first-order valence-corrected chi connectivity index (χ1v) is 12.7. The predicted molar refractivity (Wildman–Crippen MR) is 132 cm³/mol. The van der Waals surface area contributed by atoms with Crippen LogP contribution in [0.3, 0.4) is 0 Å². The van der Waals surface area contributed by atoms with Crippen molar-refractivity contribution in [2.75, 3.05) is 39.3 Å². The summed E-state index contributed by atoms with van der Waals surface area (Å²) >= 11 is 1.63. The summed E-state index contributed by atoms with van der Waals surface area (Å²) in [6, 6.07) is 10.9. The Bertz CT molecular complexity index is 1350. The van der Waals surface area contributed by atoms with E-state index in [0.717, 1.165) is 34.4 Å².